The zero-order valence-corrected chi connectivity index (χ0v) is 15.6. The Balaban J connectivity index is 1.85. The van der Waals surface area contributed by atoms with Gasteiger partial charge < -0.3 is 9.67 Å². The summed E-state index contributed by atoms with van der Waals surface area (Å²) in [6, 6.07) is 20.0. The van der Waals surface area contributed by atoms with Crippen molar-refractivity contribution in [3.63, 3.8) is 0 Å². The van der Waals surface area contributed by atoms with Crippen LogP contribution < -0.4 is 0 Å². The number of nitrogens with zero attached hydrogens (tertiary/aromatic N) is 2. The van der Waals surface area contributed by atoms with E-state index in [1.807, 2.05) is 42.5 Å². The van der Waals surface area contributed by atoms with Gasteiger partial charge in [-0.1, -0.05) is 47.5 Å². The van der Waals surface area contributed by atoms with Crippen LogP contribution in [-0.2, 0) is 6.54 Å². The first-order valence-corrected chi connectivity index (χ1v) is 9.01. The van der Waals surface area contributed by atoms with Crippen LogP contribution in [0.5, 0.6) is 0 Å². The van der Waals surface area contributed by atoms with Crippen molar-refractivity contribution in [2.24, 2.45) is 0 Å². The molecule has 27 heavy (non-hydrogen) atoms. The lowest BCUT2D eigenvalue weighted by molar-refractivity contribution is 0.0697. The summed E-state index contributed by atoms with van der Waals surface area (Å²) in [5.74, 6) is -0.206. The summed E-state index contributed by atoms with van der Waals surface area (Å²) in [4.78, 5) is 15.9. The van der Waals surface area contributed by atoms with Crippen molar-refractivity contribution in [2.75, 3.05) is 0 Å². The van der Waals surface area contributed by atoms with Crippen molar-refractivity contribution in [1.82, 2.24) is 9.55 Å². The Bertz CT molecular complexity index is 1130. The van der Waals surface area contributed by atoms with Gasteiger partial charge in [0, 0.05) is 22.2 Å². The second-order valence-corrected chi connectivity index (χ2v) is 7.04. The van der Waals surface area contributed by atoms with E-state index in [1.165, 1.54) is 0 Å². The molecule has 0 aliphatic heterocycles. The van der Waals surface area contributed by atoms with E-state index in [4.69, 9.17) is 33.3 Å². The first-order valence-electron chi connectivity index (χ1n) is 8.25. The van der Waals surface area contributed by atoms with Gasteiger partial charge in [0.1, 0.15) is 5.82 Å². The van der Waals surface area contributed by atoms with Crippen LogP contribution in [0.15, 0.2) is 66.7 Å². The first-order chi connectivity index (χ1) is 13.0. The zero-order chi connectivity index (χ0) is 19.0. The van der Waals surface area contributed by atoms with E-state index in [1.54, 1.807) is 24.3 Å². The van der Waals surface area contributed by atoms with Gasteiger partial charge in [-0.15, -0.1) is 0 Å². The Morgan fingerprint density at radius 1 is 0.926 bits per heavy atom. The van der Waals surface area contributed by atoms with Gasteiger partial charge in [0.2, 0.25) is 0 Å². The topological polar surface area (TPSA) is 55.1 Å². The molecule has 1 heterocycles. The molecule has 4 nitrogen and oxygen atoms in total. The Labute approximate surface area is 165 Å². The number of aromatic carboxylic acids is 1. The number of benzene rings is 3. The first kappa shape index (κ1) is 17.6. The molecule has 0 fully saturated rings. The standard InChI is InChI=1S/C21H14Cl2N2O2/c22-16-7-1-13(2-8-16)12-25-19-10-9-17(23)11-18(19)24-20(25)14-3-5-15(6-4-14)21(26)27/h1-11H,12H2,(H,26,27). The third-order valence-electron chi connectivity index (χ3n) is 4.35. The van der Waals surface area contributed by atoms with E-state index in [-0.39, 0.29) is 5.56 Å². The Morgan fingerprint density at radius 3 is 2.26 bits per heavy atom. The Hall–Kier alpha value is -2.82. The van der Waals surface area contributed by atoms with Crippen LogP contribution in [0, 0.1) is 0 Å². The maximum atomic E-state index is 11.1. The molecule has 0 spiro atoms. The van der Waals surface area contributed by atoms with Gasteiger partial charge >= 0.3 is 5.97 Å². The summed E-state index contributed by atoms with van der Waals surface area (Å²) in [5.41, 5.74) is 3.89. The summed E-state index contributed by atoms with van der Waals surface area (Å²) in [6.07, 6.45) is 0. The monoisotopic (exact) mass is 396 g/mol. The average Bonchev–Trinajstić information content (AvgIpc) is 3.01. The molecular formula is C21H14Cl2N2O2. The number of carboxylic acid groups (broad SMARTS) is 1. The number of hydrogen-bond donors (Lipinski definition) is 1. The van der Waals surface area contributed by atoms with Crippen molar-refractivity contribution in [3.8, 4) is 11.4 Å². The van der Waals surface area contributed by atoms with Crippen molar-refractivity contribution >= 4 is 40.2 Å². The van der Waals surface area contributed by atoms with E-state index in [2.05, 4.69) is 4.57 Å². The van der Waals surface area contributed by atoms with E-state index in [9.17, 15) is 4.79 Å². The molecule has 4 aromatic rings. The second kappa shape index (κ2) is 7.06. The highest BCUT2D eigenvalue weighted by atomic mass is 35.5. The third kappa shape index (κ3) is 3.54. The fourth-order valence-electron chi connectivity index (χ4n) is 3.02. The smallest absolute Gasteiger partial charge is 0.335 e. The molecule has 0 atom stereocenters. The summed E-state index contributed by atoms with van der Waals surface area (Å²) in [5, 5.41) is 10.4. The normalized spacial score (nSPS) is 11.0. The molecule has 6 heteroatoms. The highest BCUT2D eigenvalue weighted by Gasteiger charge is 2.14. The molecule has 3 aromatic carbocycles. The summed E-state index contributed by atoms with van der Waals surface area (Å²) in [6.45, 7) is 0.602. The highest BCUT2D eigenvalue weighted by molar-refractivity contribution is 6.31. The lowest BCUT2D eigenvalue weighted by Crippen LogP contribution is -2.02. The summed E-state index contributed by atoms with van der Waals surface area (Å²) in [7, 11) is 0. The molecule has 0 radical (unpaired) electrons. The van der Waals surface area contributed by atoms with E-state index < -0.39 is 5.97 Å². The summed E-state index contributed by atoms with van der Waals surface area (Å²) < 4.78 is 2.09. The molecule has 4 rings (SSSR count). The maximum Gasteiger partial charge on any atom is 0.335 e. The van der Waals surface area contributed by atoms with Gasteiger partial charge in [-0.3, -0.25) is 0 Å². The zero-order valence-electron chi connectivity index (χ0n) is 14.1. The fourth-order valence-corrected chi connectivity index (χ4v) is 3.31. The van der Waals surface area contributed by atoms with Crippen LogP contribution in [-0.4, -0.2) is 20.6 Å². The minimum absolute atomic E-state index is 0.238. The predicted octanol–water partition coefficient (Wildman–Crippen LogP) is 5.76. The van der Waals surface area contributed by atoms with Crippen LogP contribution in [0.4, 0.5) is 0 Å². The number of carboxylic acids is 1. The second-order valence-electron chi connectivity index (χ2n) is 6.16. The largest absolute Gasteiger partial charge is 0.478 e. The lowest BCUT2D eigenvalue weighted by Gasteiger charge is -2.10. The molecule has 1 N–H and O–H groups in total. The van der Waals surface area contributed by atoms with Crippen LogP contribution >= 0.6 is 23.2 Å². The van der Waals surface area contributed by atoms with E-state index in [0.29, 0.717) is 16.6 Å². The average molecular weight is 397 g/mol. The van der Waals surface area contributed by atoms with Crippen molar-refractivity contribution in [2.45, 2.75) is 6.54 Å². The van der Waals surface area contributed by atoms with E-state index >= 15 is 0 Å². The number of hydrogen-bond acceptors (Lipinski definition) is 2. The molecule has 0 bridgehead atoms. The maximum absolute atomic E-state index is 11.1. The number of imidazole rings is 1. The fraction of sp³-hybridized carbons (Fsp3) is 0.0476. The molecule has 0 aliphatic carbocycles. The molecule has 0 aliphatic rings. The van der Waals surface area contributed by atoms with Crippen molar-refractivity contribution in [3.05, 3.63) is 87.9 Å². The number of aromatic nitrogens is 2. The van der Waals surface area contributed by atoms with Gasteiger partial charge in [-0.25, -0.2) is 9.78 Å². The van der Waals surface area contributed by atoms with Gasteiger partial charge in [-0.2, -0.15) is 0 Å². The minimum atomic E-state index is -0.956. The predicted molar refractivity (Wildman–Crippen MR) is 108 cm³/mol. The van der Waals surface area contributed by atoms with Crippen LogP contribution in [0.3, 0.4) is 0 Å². The Morgan fingerprint density at radius 2 is 1.59 bits per heavy atom. The quantitative estimate of drug-likeness (QED) is 0.477. The number of fused-ring (bicyclic) bond motifs is 1. The van der Waals surface area contributed by atoms with Crippen molar-refractivity contribution < 1.29 is 9.90 Å². The van der Waals surface area contributed by atoms with Gasteiger partial charge in [-0.05, 0) is 48.0 Å². The SMILES string of the molecule is O=C(O)c1ccc(-c2nc3cc(Cl)ccc3n2Cc2ccc(Cl)cc2)cc1. The Kier molecular flexibility index (Phi) is 4.60. The van der Waals surface area contributed by atoms with Crippen LogP contribution in [0.2, 0.25) is 10.0 Å². The molecule has 134 valence electrons. The summed E-state index contributed by atoms with van der Waals surface area (Å²) >= 11 is 12.1. The molecule has 0 unspecified atom stereocenters. The van der Waals surface area contributed by atoms with Crippen LogP contribution in [0.1, 0.15) is 15.9 Å². The third-order valence-corrected chi connectivity index (χ3v) is 4.84. The van der Waals surface area contributed by atoms with Crippen molar-refractivity contribution in [1.29, 1.82) is 0 Å². The highest BCUT2D eigenvalue weighted by Crippen LogP contribution is 2.28. The number of carbonyl (C=O) groups is 1. The molecule has 0 saturated heterocycles. The minimum Gasteiger partial charge on any atom is -0.478 e. The van der Waals surface area contributed by atoms with Gasteiger partial charge in [0.05, 0.1) is 16.6 Å². The van der Waals surface area contributed by atoms with Gasteiger partial charge in [0.25, 0.3) is 0 Å². The molecule has 0 amide bonds. The lowest BCUT2D eigenvalue weighted by atomic mass is 10.1. The van der Waals surface area contributed by atoms with E-state index in [0.717, 1.165) is 28.0 Å². The number of rotatable bonds is 4. The van der Waals surface area contributed by atoms with Gasteiger partial charge in [0.15, 0.2) is 0 Å². The number of halogens is 2. The van der Waals surface area contributed by atoms with Crippen LogP contribution in [0.25, 0.3) is 22.4 Å². The molecule has 0 saturated carbocycles. The molecular weight excluding hydrogens is 383 g/mol. The molecule has 1 aromatic heterocycles.